The van der Waals surface area contributed by atoms with Crippen molar-refractivity contribution in [2.45, 2.75) is 26.7 Å². The molecule has 0 aliphatic carbocycles. The Kier molecular flexibility index (Phi) is 4.88. The monoisotopic (exact) mass is 269 g/mol. The van der Waals surface area contributed by atoms with E-state index < -0.39 is 0 Å². The van der Waals surface area contributed by atoms with Crippen molar-refractivity contribution in [2.75, 3.05) is 6.61 Å². The molecule has 0 fully saturated rings. The van der Waals surface area contributed by atoms with Gasteiger partial charge in [-0.25, -0.2) is 4.79 Å². The largest absolute Gasteiger partial charge is 0.462 e. The van der Waals surface area contributed by atoms with Crippen molar-refractivity contribution in [1.82, 2.24) is 4.98 Å². The Morgan fingerprint density at radius 3 is 2.80 bits per heavy atom. The third-order valence-corrected chi connectivity index (χ3v) is 3.39. The number of hydrogen-bond donors (Lipinski definition) is 0. The van der Waals surface area contributed by atoms with Crippen LogP contribution in [0.4, 0.5) is 0 Å². The van der Waals surface area contributed by atoms with Gasteiger partial charge in [0.1, 0.15) is 0 Å². The van der Waals surface area contributed by atoms with Crippen LogP contribution in [0.1, 0.15) is 33.5 Å². The minimum Gasteiger partial charge on any atom is -0.462 e. The molecular formula is C17H19NO2. The molecule has 20 heavy (non-hydrogen) atoms. The lowest BCUT2D eigenvalue weighted by Crippen LogP contribution is -2.09. The van der Waals surface area contributed by atoms with E-state index in [-0.39, 0.29) is 5.97 Å². The number of hydrogen-bond acceptors (Lipinski definition) is 3. The van der Waals surface area contributed by atoms with Gasteiger partial charge in [0.05, 0.1) is 12.2 Å². The maximum Gasteiger partial charge on any atom is 0.338 e. The van der Waals surface area contributed by atoms with E-state index in [1.54, 1.807) is 6.20 Å². The quantitative estimate of drug-likeness (QED) is 0.616. The van der Waals surface area contributed by atoms with Crippen LogP contribution < -0.4 is 0 Å². The van der Waals surface area contributed by atoms with Crippen molar-refractivity contribution in [1.29, 1.82) is 0 Å². The number of nitrogens with zero attached hydrogens (tertiary/aromatic N) is 1. The van der Waals surface area contributed by atoms with E-state index in [0.29, 0.717) is 12.2 Å². The number of pyridine rings is 1. The zero-order valence-electron chi connectivity index (χ0n) is 11.9. The van der Waals surface area contributed by atoms with E-state index in [1.807, 2.05) is 50.4 Å². The van der Waals surface area contributed by atoms with E-state index in [1.165, 1.54) is 0 Å². The summed E-state index contributed by atoms with van der Waals surface area (Å²) < 4.78 is 5.33. The molecule has 1 heterocycles. The molecule has 0 atom stereocenters. The van der Waals surface area contributed by atoms with Crippen molar-refractivity contribution < 1.29 is 9.53 Å². The van der Waals surface area contributed by atoms with Gasteiger partial charge in [-0.15, -0.1) is 0 Å². The van der Waals surface area contributed by atoms with Crippen molar-refractivity contribution >= 4 is 5.97 Å². The van der Waals surface area contributed by atoms with Gasteiger partial charge >= 0.3 is 5.97 Å². The number of esters is 1. The summed E-state index contributed by atoms with van der Waals surface area (Å²) in [6, 6.07) is 9.63. The van der Waals surface area contributed by atoms with E-state index in [2.05, 4.69) is 4.98 Å². The third kappa shape index (κ3) is 3.67. The first-order valence-electron chi connectivity index (χ1n) is 6.80. The number of aromatic nitrogens is 1. The van der Waals surface area contributed by atoms with E-state index in [0.717, 1.165) is 29.5 Å². The third-order valence-electron chi connectivity index (χ3n) is 3.39. The summed E-state index contributed by atoms with van der Waals surface area (Å²) in [4.78, 5) is 16.1. The molecule has 2 rings (SSSR count). The number of rotatable bonds is 5. The smallest absolute Gasteiger partial charge is 0.338 e. The fourth-order valence-electron chi connectivity index (χ4n) is 2.04. The van der Waals surface area contributed by atoms with Gasteiger partial charge in [0.2, 0.25) is 0 Å². The van der Waals surface area contributed by atoms with Gasteiger partial charge in [0.15, 0.2) is 0 Å². The molecule has 0 amide bonds. The first-order chi connectivity index (χ1) is 9.68. The van der Waals surface area contributed by atoms with Crippen molar-refractivity contribution in [3.05, 3.63) is 65.0 Å². The molecule has 3 nitrogen and oxygen atoms in total. The SMILES string of the molecule is Cc1cccc(C(=O)OCCCc2cccnc2)c1C. The highest BCUT2D eigenvalue weighted by Gasteiger charge is 2.11. The lowest BCUT2D eigenvalue weighted by molar-refractivity contribution is 0.0499. The first-order valence-corrected chi connectivity index (χ1v) is 6.80. The Morgan fingerprint density at radius 1 is 1.20 bits per heavy atom. The van der Waals surface area contributed by atoms with Gasteiger partial charge in [0, 0.05) is 12.4 Å². The summed E-state index contributed by atoms with van der Waals surface area (Å²) in [7, 11) is 0. The molecule has 104 valence electrons. The minimum absolute atomic E-state index is 0.239. The van der Waals surface area contributed by atoms with Crippen LogP contribution in [-0.4, -0.2) is 17.6 Å². The Labute approximate surface area is 119 Å². The molecule has 0 bridgehead atoms. The summed E-state index contributed by atoms with van der Waals surface area (Å²) >= 11 is 0. The summed E-state index contributed by atoms with van der Waals surface area (Å²) in [5, 5.41) is 0. The molecule has 2 aromatic rings. The zero-order valence-corrected chi connectivity index (χ0v) is 11.9. The van der Waals surface area contributed by atoms with Crippen LogP contribution in [0.5, 0.6) is 0 Å². The van der Waals surface area contributed by atoms with Gasteiger partial charge in [-0.3, -0.25) is 4.98 Å². The number of aryl methyl sites for hydroxylation is 2. The maximum absolute atomic E-state index is 12.0. The Bertz CT molecular complexity index is 579. The van der Waals surface area contributed by atoms with Crippen molar-refractivity contribution in [3.63, 3.8) is 0 Å². The Hall–Kier alpha value is -2.16. The van der Waals surface area contributed by atoms with Gasteiger partial charge in [-0.2, -0.15) is 0 Å². The predicted octanol–water partition coefficient (Wildman–Crippen LogP) is 3.49. The minimum atomic E-state index is -0.239. The van der Waals surface area contributed by atoms with Gasteiger partial charge < -0.3 is 4.74 Å². The highest BCUT2D eigenvalue weighted by atomic mass is 16.5. The van der Waals surface area contributed by atoms with Crippen molar-refractivity contribution in [3.8, 4) is 0 Å². The Morgan fingerprint density at radius 2 is 2.05 bits per heavy atom. The summed E-state index contributed by atoms with van der Waals surface area (Å²) in [5.41, 5.74) is 3.92. The van der Waals surface area contributed by atoms with Crippen LogP contribution in [0, 0.1) is 13.8 Å². The van der Waals surface area contributed by atoms with Crippen LogP contribution in [-0.2, 0) is 11.2 Å². The molecule has 0 saturated heterocycles. The normalized spacial score (nSPS) is 10.3. The second-order valence-corrected chi connectivity index (χ2v) is 4.85. The standard InChI is InChI=1S/C17H19NO2/c1-13-6-3-9-16(14(13)2)17(19)20-11-5-8-15-7-4-10-18-12-15/h3-4,6-7,9-10,12H,5,8,11H2,1-2H3. The average molecular weight is 269 g/mol. The van der Waals surface area contributed by atoms with Crippen molar-refractivity contribution in [2.24, 2.45) is 0 Å². The highest BCUT2D eigenvalue weighted by Crippen LogP contribution is 2.14. The molecule has 0 aliphatic heterocycles. The topological polar surface area (TPSA) is 39.2 Å². The van der Waals surface area contributed by atoms with Gasteiger partial charge in [0.25, 0.3) is 0 Å². The fraction of sp³-hybridized carbons (Fsp3) is 0.294. The fourth-order valence-corrected chi connectivity index (χ4v) is 2.04. The first kappa shape index (κ1) is 14.3. The Balaban J connectivity index is 1.82. The second kappa shape index (κ2) is 6.85. The number of carbonyl (C=O) groups is 1. The van der Waals surface area contributed by atoms with Crippen LogP contribution in [0.3, 0.4) is 0 Å². The molecule has 0 aliphatic rings. The van der Waals surface area contributed by atoms with Gasteiger partial charge in [-0.05, 0) is 55.5 Å². The van der Waals surface area contributed by atoms with E-state index >= 15 is 0 Å². The lowest BCUT2D eigenvalue weighted by Gasteiger charge is -2.08. The molecular weight excluding hydrogens is 250 g/mol. The number of benzene rings is 1. The van der Waals surface area contributed by atoms with Crippen LogP contribution >= 0.6 is 0 Å². The van der Waals surface area contributed by atoms with Crippen LogP contribution in [0.2, 0.25) is 0 Å². The number of ether oxygens (including phenoxy) is 1. The average Bonchev–Trinajstić information content (AvgIpc) is 2.47. The summed E-state index contributed by atoms with van der Waals surface area (Å²) in [5.74, 6) is -0.239. The predicted molar refractivity (Wildman–Crippen MR) is 78.8 cm³/mol. The zero-order chi connectivity index (χ0) is 14.4. The molecule has 3 heteroatoms. The molecule has 0 N–H and O–H groups in total. The second-order valence-electron chi connectivity index (χ2n) is 4.85. The van der Waals surface area contributed by atoms with E-state index in [9.17, 15) is 4.79 Å². The lowest BCUT2D eigenvalue weighted by atomic mass is 10.0. The molecule has 0 spiro atoms. The van der Waals surface area contributed by atoms with Crippen LogP contribution in [0.25, 0.3) is 0 Å². The number of carbonyl (C=O) groups excluding carboxylic acids is 1. The molecule has 0 saturated carbocycles. The van der Waals surface area contributed by atoms with Gasteiger partial charge in [-0.1, -0.05) is 18.2 Å². The summed E-state index contributed by atoms with van der Waals surface area (Å²) in [6.45, 7) is 4.37. The molecule has 1 aromatic carbocycles. The molecule has 0 unspecified atom stereocenters. The molecule has 0 radical (unpaired) electrons. The highest BCUT2D eigenvalue weighted by molar-refractivity contribution is 5.91. The summed E-state index contributed by atoms with van der Waals surface area (Å²) in [6.07, 6.45) is 5.27. The maximum atomic E-state index is 12.0. The van der Waals surface area contributed by atoms with Crippen LogP contribution in [0.15, 0.2) is 42.7 Å². The van der Waals surface area contributed by atoms with E-state index in [4.69, 9.17) is 4.74 Å². The molecule has 1 aromatic heterocycles.